The van der Waals surface area contributed by atoms with Crippen LogP contribution in [0.15, 0.2) is 24.3 Å². The van der Waals surface area contributed by atoms with E-state index in [1.807, 2.05) is 18.2 Å². The van der Waals surface area contributed by atoms with Gasteiger partial charge in [0, 0.05) is 40.5 Å². The largest absolute Gasteiger partial charge is 0.491 e. The van der Waals surface area contributed by atoms with Gasteiger partial charge in [0.15, 0.2) is 0 Å². The van der Waals surface area contributed by atoms with E-state index in [1.54, 1.807) is 20.3 Å². The monoisotopic (exact) mass is 292 g/mol. The van der Waals surface area contributed by atoms with Gasteiger partial charge >= 0.3 is 0 Å². The average molecular weight is 292 g/mol. The number of ether oxygens (including phenoxy) is 3. The molecule has 5 nitrogen and oxygen atoms in total. The summed E-state index contributed by atoms with van der Waals surface area (Å²) in [6, 6.07) is 9.42. The van der Waals surface area contributed by atoms with E-state index >= 15 is 0 Å². The number of hydrogen-bond donors (Lipinski definition) is 0. The van der Waals surface area contributed by atoms with E-state index in [9.17, 15) is 0 Å². The second-order valence-corrected chi connectivity index (χ2v) is 4.64. The SMILES string of the molecule is COCCCN(CCOC)CCOc1ccccc1C#N. The molecule has 1 aromatic rings. The zero-order valence-electron chi connectivity index (χ0n) is 12.9. The molecule has 0 aliphatic carbocycles. The first-order valence-electron chi connectivity index (χ1n) is 7.14. The van der Waals surface area contributed by atoms with E-state index in [1.165, 1.54) is 0 Å². The molecule has 0 aliphatic rings. The second-order valence-electron chi connectivity index (χ2n) is 4.64. The van der Waals surface area contributed by atoms with Crippen molar-refractivity contribution in [2.24, 2.45) is 0 Å². The molecule has 0 spiro atoms. The van der Waals surface area contributed by atoms with Gasteiger partial charge in [-0.3, -0.25) is 4.90 Å². The Morgan fingerprint density at radius 3 is 2.43 bits per heavy atom. The third-order valence-electron chi connectivity index (χ3n) is 3.11. The van der Waals surface area contributed by atoms with Crippen LogP contribution < -0.4 is 4.74 Å². The van der Waals surface area contributed by atoms with Crippen LogP contribution >= 0.6 is 0 Å². The van der Waals surface area contributed by atoms with Crippen molar-refractivity contribution in [2.45, 2.75) is 6.42 Å². The summed E-state index contributed by atoms with van der Waals surface area (Å²) in [6.45, 7) is 4.61. The van der Waals surface area contributed by atoms with E-state index in [0.29, 0.717) is 24.5 Å². The molecule has 0 bridgehead atoms. The highest BCUT2D eigenvalue weighted by Crippen LogP contribution is 2.16. The molecular weight excluding hydrogens is 268 g/mol. The standard InChI is InChI=1S/C16H24N2O3/c1-19-11-5-8-18(9-12-20-2)10-13-21-16-7-4-3-6-15(16)14-17/h3-4,6-7H,5,8-13H2,1-2H3. The molecule has 0 N–H and O–H groups in total. The van der Waals surface area contributed by atoms with Gasteiger partial charge in [0.2, 0.25) is 0 Å². The Morgan fingerprint density at radius 1 is 1.00 bits per heavy atom. The molecule has 0 aliphatic heterocycles. The van der Waals surface area contributed by atoms with Crippen LogP contribution in [-0.2, 0) is 9.47 Å². The maximum atomic E-state index is 9.02. The van der Waals surface area contributed by atoms with Crippen LogP contribution in [0.4, 0.5) is 0 Å². The van der Waals surface area contributed by atoms with Gasteiger partial charge in [-0.2, -0.15) is 5.26 Å². The van der Waals surface area contributed by atoms with E-state index in [-0.39, 0.29) is 0 Å². The molecule has 0 heterocycles. The molecule has 0 saturated carbocycles. The van der Waals surface area contributed by atoms with Crippen LogP contribution in [-0.4, -0.2) is 58.6 Å². The molecule has 0 amide bonds. The molecule has 0 atom stereocenters. The maximum Gasteiger partial charge on any atom is 0.137 e. The van der Waals surface area contributed by atoms with Gasteiger partial charge in [-0.25, -0.2) is 0 Å². The van der Waals surface area contributed by atoms with Gasteiger partial charge in [-0.05, 0) is 18.6 Å². The number of methoxy groups -OCH3 is 2. The lowest BCUT2D eigenvalue weighted by Gasteiger charge is -2.22. The second kappa shape index (κ2) is 11.1. The predicted octanol–water partition coefficient (Wildman–Crippen LogP) is 1.92. The highest BCUT2D eigenvalue weighted by Gasteiger charge is 2.06. The summed E-state index contributed by atoms with van der Waals surface area (Å²) in [4.78, 5) is 2.28. The Morgan fingerprint density at radius 2 is 1.71 bits per heavy atom. The summed E-state index contributed by atoms with van der Waals surface area (Å²) < 4.78 is 15.9. The number of rotatable bonds is 11. The van der Waals surface area contributed by atoms with Gasteiger partial charge in [0.1, 0.15) is 18.4 Å². The van der Waals surface area contributed by atoms with Gasteiger partial charge in [-0.15, -0.1) is 0 Å². The van der Waals surface area contributed by atoms with Crippen molar-refractivity contribution in [3.8, 4) is 11.8 Å². The Kier molecular flexibility index (Phi) is 9.21. The topological polar surface area (TPSA) is 54.7 Å². The van der Waals surface area contributed by atoms with Crippen molar-refractivity contribution in [1.29, 1.82) is 5.26 Å². The number of nitrogens with zero attached hydrogens (tertiary/aromatic N) is 2. The van der Waals surface area contributed by atoms with Gasteiger partial charge in [0.25, 0.3) is 0 Å². The first kappa shape index (κ1) is 17.4. The van der Waals surface area contributed by atoms with Crippen LogP contribution in [0, 0.1) is 11.3 Å². The molecule has 1 aromatic carbocycles. The average Bonchev–Trinajstić information content (AvgIpc) is 2.52. The molecule has 0 saturated heterocycles. The molecule has 0 radical (unpaired) electrons. The molecule has 0 unspecified atom stereocenters. The third kappa shape index (κ3) is 7.09. The summed E-state index contributed by atoms with van der Waals surface area (Å²) in [5.41, 5.74) is 0.570. The minimum atomic E-state index is 0.551. The fraction of sp³-hybridized carbons (Fsp3) is 0.562. The highest BCUT2D eigenvalue weighted by molar-refractivity contribution is 5.42. The zero-order valence-corrected chi connectivity index (χ0v) is 12.9. The van der Waals surface area contributed by atoms with Crippen molar-refractivity contribution >= 4 is 0 Å². The fourth-order valence-corrected chi connectivity index (χ4v) is 1.96. The summed E-state index contributed by atoms with van der Waals surface area (Å²) in [6.07, 6.45) is 0.981. The van der Waals surface area contributed by atoms with E-state index in [2.05, 4.69) is 11.0 Å². The maximum absolute atomic E-state index is 9.02. The first-order chi connectivity index (χ1) is 10.3. The lowest BCUT2D eigenvalue weighted by Crippen LogP contribution is -2.33. The molecule has 0 fully saturated rings. The normalized spacial score (nSPS) is 10.6. The molecular formula is C16H24N2O3. The molecule has 116 valence electrons. The van der Waals surface area contributed by atoms with Crippen LogP contribution in [0.3, 0.4) is 0 Å². The van der Waals surface area contributed by atoms with Gasteiger partial charge in [0.05, 0.1) is 12.2 Å². The minimum absolute atomic E-state index is 0.551. The van der Waals surface area contributed by atoms with Gasteiger partial charge < -0.3 is 14.2 Å². The fourth-order valence-electron chi connectivity index (χ4n) is 1.96. The van der Waals surface area contributed by atoms with E-state index in [0.717, 1.165) is 32.7 Å². The Hall–Kier alpha value is -1.61. The van der Waals surface area contributed by atoms with Crippen molar-refractivity contribution < 1.29 is 14.2 Å². The smallest absolute Gasteiger partial charge is 0.137 e. The highest BCUT2D eigenvalue weighted by atomic mass is 16.5. The summed E-state index contributed by atoms with van der Waals surface area (Å²) in [7, 11) is 3.41. The van der Waals surface area contributed by atoms with Crippen molar-refractivity contribution in [2.75, 3.05) is 53.7 Å². The Balaban J connectivity index is 2.39. The summed E-state index contributed by atoms with van der Waals surface area (Å²) in [5, 5.41) is 9.02. The first-order valence-corrected chi connectivity index (χ1v) is 7.14. The minimum Gasteiger partial charge on any atom is -0.491 e. The number of hydrogen-bond acceptors (Lipinski definition) is 5. The Labute approximate surface area is 127 Å². The van der Waals surface area contributed by atoms with E-state index < -0.39 is 0 Å². The summed E-state index contributed by atoms with van der Waals surface area (Å²) >= 11 is 0. The quantitative estimate of drug-likeness (QED) is 0.583. The zero-order chi connectivity index (χ0) is 15.3. The Bertz CT molecular complexity index is 432. The lowest BCUT2D eigenvalue weighted by atomic mass is 10.2. The van der Waals surface area contributed by atoms with Crippen LogP contribution in [0.1, 0.15) is 12.0 Å². The molecule has 21 heavy (non-hydrogen) atoms. The van der Waals surface area contributed by atoms with Crippen LogP contribution in [0.5, 0.6) is 5.75 Å². The molecule has 5 heteroatoms. The van der Waals surface area contributed by atoms with Crippen molar-refractivity contribution in [3.05, 3.63) is 29.8 Å². The molecule has 0 aromatic heterocycles. The van der Waals surface area contributed by atoms with Crippen molar-refractivity contribution in [1.82, 2.24) is 4.90 Å². The van der Waals surface area contributed by atoms with Crippen LogP contribution in [0.25, 0.3) is 0 Å². The lowest BCUT2D eigenvalue weighted by molar-refractivity contribution is 0.121. The predicted molar refractivity (Wildman–Crippen MR) is 81.5 cm³/mol. The van der Waals surface area contributed by atoms with Crippen LogP contribution in [0.2, 0.25) is 0 Å². The van der Waals surface area contributed by atoms with Gasteiger partial charge in [-0.1, -0.05) is 12.1 Å². The number of para-hydroxylation sites is 1. The summed E-state index contributed by atoms with van der Waals surface area (Å²) in [5.74, 6) is 0.642. The van der Waals surface area contributed by atoms with E-state index in [4.69, 9.17) is 19.5 Å². The number of benzene rings is 1. The third-order valence-corrected chi connectivity index (χ3v) is 3.11. The molecule has 1 rings (SSSR count). The number of nitriles is 1. The van der Waals surface area contributed by atoms with Crippen molar-refractivity contribution in [3.63, 3.8) is 0 Å².